The molecule has 1 unspecified atom stereocenters. The zero-order valence-corrected chi connectivity index (χ0v) is 13.1. The monoisotopic (exact) mass is 327 g/mol. The number of phenols is 1. The summed E-state index contributed by atoms with van der Waals surface area (Å²) in [6, 6.07) is 6.69. The number of phenolic OH excluding ortho intramolecular Hbond substituents is 1. The number of nitrogens with one attached hydrogen (secondary N) is 1. The number of fused-ring (bicyclic) bond motifs is 1. The Kier molecular flexibility index (Phi) is 4.07. The zero-order chi connectivity index (χ0) is 17.3. The van der Waals surface area contributed by atoms with Crippen molar-refractivity contribution in [2.45, 2.75) is 25.8 Å². The average Bonchev–Trinajstić information content (AvgIpc) is 2.55. The number of carboxylic acids is 1. The number of aromatic carboxylic acids is 1. The van der Waals surface area contributed by atoms with E-state index in [1.54, 1.807) is 30.5 Å². The van der Waals surface area contributed by atoms with Gasteiger partial charge in [-0.05, 0) is 31.9 Å². The van der Waals surface area contributed by atoms with Crippen LogP contribution in [0.5, 0.6) is 5.75 Å². The third-order valence-electron chi connectivity index (χ3n) is 4.09. The molecule has 0 amide bonds. The van der Waals surface area contributed by atoms with Crippen LogP contribution in [-0.2, 0) is 0 Å². The fourth-order valence-corrected chi connectivity index (χ4v) is 2.76. The quantitative estimate of drug-likeness (QED) is 0.748. The summed E-state index contributed by atoms with van der Waals surface area (Å²) in [5.41, 5.74) is 0.443. The van der Waals surface area contributed by atoms with E-state index in [2.05, 4.69) is 10.3 Å². The van der Waals surface area contributed by atoms with E-state index in [4.69, 9.17) is 5.11 Å². The molecule has 2 heterocycles. The molecule has 0 bridgehead atoms. The number of hydrogen-bond acceptors (Lipinski definition) is 5. The van der Waals surface area contributed by atoms with E-state index in [0.29, 0.717) is 24.4 Å². The third kappa shape index (κ3) is 2.76. The molecule has 0 saturated carbocycles. The van der Waals surface area contributed by atoms with Crippen molar-refractivity contribution >= 4 is 17.2 Å². The summed E-state index contributed by atoms with van der Waals surface area (Å²) in [6.45, 7) is 1.87. The predicted octanol–water partition coefficient (Wildman–Crippen LogP) is 2.45. The van der Waals surface area contributed by atoms with Gasteiger partial charge in [-0.3, -0.25) is 9.36 Å². The Bertz CT molecular complexity index is 886. The highest BCUT2D eigenvalue weighted by molar-refractivity contribution is 5.87. The molecule has 0 aliphatic carbocycles. The van der Waals surface area contributed by atoms with E-state index in [0.717, 1.165) is 11.8 Å². The van der Waals surface area contributed by atoms with Gasteiger partial charge in [0, 0.05) is 24.0 Å². The first-order chi connectivity index (χ1) is 11.5. The number of aromatic nitrogens is 2. The number of hydrogen-bond donors (Lipinski definition) is 3. The second kappa shape index (κ2) is 6.19. The molecule has 124 valence electrons. The predicted molar refractivity (Wildman–Crippen MR) is 89.1 cm³/mol. The fourth-order valence-electron chi connectivity index (χ4n) is 2.76. The highest BCUT2D eigenvalue weighted by Crippen LogP contribution is 2.30. The Morgan fingerprint density at radius 2 is 2.17 bits per heavy atom. The molecule has 1 aromatic heterocycles. The van der Waals surface area contributed by atoms with Crippen LogP contribution in [0.1, 0.15) is 42.0 Å². The highest BCUT2D eigenvalue weighted by atomic mass is 16.4. The fraction of sp³-hybridized carbons (Fsp3) is 0.235. The van der Waals surface area contributed by atoms with Gasteiger partial charge in [0.05, 0.1) is 5.69 Å². The van der Waals surface area contributed by atoms with E-state index in [1.807, 2.05) is 6.92 Å². The van der Waals surface area contributed by atoms with Crippen molar-refractivity contribution in [1.29, 1.82) is 0 Å². The SMILES string of the molecule is CC1CCC(=CNc2ccccc2O)c2ncc(C(=O)O)c(=O)n21. The van der Waals surface area contributed by atoms with Gasteiger partial charge in [0.2, 0.25) is 0 Å². The van der Waals surface area contributed by atoms with Gasteiger partial charge in [-0.1, -0.05) is 12.1 Å². The second-order valence-corrected chi connectivity index (χ2v) is 5.69. The van der Waals surface area contributed by atoms with Crippen molar-refractivity contribution in [3.8, 4) is 5.75 Å². The molecule has 24 heavy (non-hydrogen) atoms. The van der Waals surface area contributed by atoms with Crippen molar-refractivity contribution in [3.05, 3.63) is 58.4 Å². The lowest BCUT2D eigenvalue weighted by Crippen LogP contribution is -2.34. The Labute approximate surface area is 137 Å². The van der Waals surface area contributed by atoms with Crippen LogP contribution in [0.3, 0.4) is 0 Å². The second-order valence-electron chi connectivity index (χ2n) is 5.69. The Balaban J connectivity index is 2.02. The zero-order valence-electron chi connectivity index (χ0n) is 13.1. The van der Waals surface area contributed by atoms with Crippen molar-refractivity contribution in [2.75, 3.05) is 5.32 Å². The lowest BCUT2D eigenvalue weighted by molar-refractivity contribution is 0.0693. The maximum atomic E-state index is 12.4. The number of benzene rings is 1. The molecule has 0 fully saturated rings. The molecule has 7 heteroatoms. The summed E-state index contributed by atoms with van der Waals surface area (Å²) in [6.07, 6.45) is 4.19. The molecule has 3 rings (SSSR count). The summed E-state index contributed by atoms with van der Waals surface area (Å²) in [5, 5.41) is 21.9. The van der Waals surface area contributed by atoms with Gasteiger partial charge in [0.25, 0.3) is 5.56 Å². The number of aromatic hydroxyl groups is 1. The molecule has 0 spiro atoms. The third-order valence-corrected chi connectivity index (χ3v) is 4.09. The summed E-state index contributed by atoms with van der Waals surface area (Å²) in [4.78, 5) is 27.7. The maximum Gasteiger partial charge on any atom is 0.342 e. The normalized spacial score (nSPS) is 18.2. The first-order valence-electron chi connectivity index (χ1n) is 7.58. The van der Waals surface area contributed by atoms with Gasteiger partial charge in [-0.15, -0.1) is 0 Å². The molecule has 2 aromatic rings. The first kappa shape index (κ1) is 15.8. The van der Waals surface area contributed by atoms with E-state index < -0.39 is 11.5 Å². The van der Waals surface area contributed by atoms with Gasteiger partial charge >= 0.3 is 5.97 Å². The van der Waals surface area contributed by atoms with Crippen LogP contribution in [-0.4, -0.2) is 25.7 Å². The number of para-hydroxylation sites is 2. The first-order valence-corrected chi connectivity index (χ1v) is 7.58. The van der Waals surface area contributed by atoms with Crippen LogP contribution in [0.2, 0.25) is 0 Å². The molecule has 1 aliphatic heterocycles. The van der Waals surface area contributed by atoms with Gasteiger partial charge < -0.3 is 15.5 Å². The van der Waals surface area contributed by atoms with Gasteiger partial charge in [0.15, 0.2) is 0 Å². The van der Waals surface area contributed by atoms with E-state index in [9.17, 15) is 14.7 Å². The Morgan fingerprint density at radius 1 is 1.42 bits per heavy atom. The molecule has 1 aromatic carbocycles. The van der Waals surface area contributed by atoms with Crippen LogP contribution in [0.25, 0.3) is 5.57 Å². The number of nitrogens with zero attached hydrogens (tertiary/aromatic N) is 2. The summed E-state index contributed by atoms with van der Waals surface area (Å²) in [5.74, 6) is -0.713. The lowest BCUT2D eigenvalue weighted by Gasteiger charge is -2.26. The molecule has 1 aliphatic rings. The molecule has 7 nitrogen and oxygen atoms in total. The van der Waals surface area contributed by atoms with Gasteiger partial charge in [-0.25, -0.2) is 9.78 Å². The molecule has 1 atom stereocenters. The minimum atomic E-state index is -1.28. The maximum absolute atomic E-state index is 12.4. The number of rotatable bonds is 3. The highest BCUT2D eigenvalue weighted by Gasteiger charge is 2.25. The summed E-state index contributed by atoms with van der Waals surface area (Å²) < 4.78 is 1.42. The van der Waals surface area contributed by atoms with Crippen LogP contribution in [0.15, 0.2) is 41.5 Å². The summed E-state index contributed by atoms with van der Waals surface area (Å²) >= 11 is 0. The van der Waals surface area contributed by atoms with E-state index in [1.165, 1.54) is 4.57 Å². The minimum absolute atomic E-state index is 0.116. The molecule has 3 N–H and O–H groups in total. The summed E-state index contributed by atoms with van der Waals surface area (Å²) in [7, 11) is 0. The molecule has 0 radical (unpaired) electrons. The van der Waals surface area contributed by atoms with Crippen LogP contribution in [0.4, 0.5) is 5.69 Å². The van der Waals surface area contributed by atoms with Crippen molar-refractivity contribution in [2.24, 2.45) is 0 Å². The van der Waals surface area contributed by atoms with Crippen molar-refractivity contribution in [1.82, 2.24) is 9.55 Å². The number of anilines is 1. The lowest BCUT2D eigenvalue weighted by atomic mass is 10.0. The van der Waals surface area contributed by atoms with Crippen molar-refractivity contribution < 1.29 is 15.0 Å². The van der Waals surface area contributed by atoms with Gasteiger partial charge in [-0.2, -0.15) is 0 Å². The van der Waals surface area contributed by atoms with Crippen LogP contribution >= 0.6 is 0 Å². The Hall–Kier alpha value is -3.09. The number of carbonyl (C=O) groups is 1. The number of carboxylic acid groups (broad SMARTS) is 1. The Morgan fingerprint density at radius 3 is 2.88 bits per heavy atom. The molecular formula is C17H17N3O4. The topological polar surface area (TPSA) is 104 Å². The largest absolute Gasteiger partial charge is 0.506 e. The standard InChI is InChI=1S/C17H17N3O4/c1-10-6-7-11(8-18-13-4-2-3-5-14(13)21)15-19-9-12(17(23)24)16(22)20(10)15/h2-5,8-10,18,21H,6-7H2,1H3,(H,23,24). The average molecular weight is 327 g/mol. The van der Waals surface area contributed by atoms with Crippen molar-refractivity contribution in [3.63, 3.8) is 0 Å². The van der Waals surface area contributed by atoms with Crippen LogP contribution in [0, 0.1) is 0 Å². The smallest absolute Gasteiger partial charge is 0.342 e. The van der Waals surface area contributed by atoms with Crippen LogP contribution < -0.4 is 10.9 Å². The van der Waals surface area contributed by atoms with Gasteiger partial charge in [0.1, 0.15) is 17.1 Å². The van der Waals surface area contributed by atoms with E-state index in [-0.39, 0.29) is 17.4 Å². The number of allylic oxidation sites excluding steroid dienone is 1. The minimum Gasteiger partial charge on any atom is -0.506 e. The van der Waals surface area contributed by atoms with E-state index >= 15 is 0 Å². The molecular weight excluding hydrogens is 310 g/mol. The molecule has 0 saturated heterocycles.